The Morgan fingerprint density at radius 2 is 2.00 bits per heavy atom. The van der Waals surface area contributed by atoms with Crippen molar-refractivity contribution in [2.45, 2.75) is 26.1 Å². The number of carboxylic acid groups (broad SMARTS) is 1. The van der Waals surface area contributed by atoms with Gasteiger partial charge < -0.3 is 14.9 Å². The van der Waals surface area contributed by atoms with Crippen LogP contribution in [-0.2, 0) is 14.3 Å². The van der Waals surface area contributed by atoms with Crippen molar-refractivity contribution in [1.82, 2.24) is 4.90 Å². The molecule has 7 nitrogen and oxygen atoms in total. The summed E-state index contributed by atoms with van der Waals surface area (Å²) >= 11 is 0. The predicted octanol–water partition coefficient (Wildman–Crippen LogP) is 0.660. The summed E-state index contributed by atoms with van der Waals surface area (Å²) in [5, 5.41) is 18.5. The number of β-lactam (4-membered cyclic amide) rings is 1. The van der Waals surface area contributed by atoms with Gasteiger partial charge in [0.1, 0.15) is 5.70 Å². The van der Waals surface area contributed by atoms with Crippen molar-refractivity contribution in [2.24, 2.45) is 4.99 Å². The monoisotopic (exact) mass is 316 g/mol. The number of ether oxygens (including phenoxy) is 1. The fourth-order valence-electron chi connectivity index (χ4n) is 2.60. The average molecular weight is 316 g/mol. The fourth-order valence-corrected chi connectivity index (χ4v) is 2.60. The SMILES string of the molecule is CC(CO)=C(C(=O)O)N1C(=O)[C@@H]2N=C(c3ccc(C)cc3)O[C@@H]21. The van der Waals surface area contributed by atoms with Gasteiger partial charge in [-0.3, -0.25) is 9.69 Å². The van der Waals surface area contributed by atoms with E-state index in [1.807, 2.05) is 31.2 Å². The fraction of sp³-hybridized carbons (Fsp3) is 0.312. The van der Waals surface area contributed by atoms with E-state index in [4.69, 9.17) is 4.74 Å². The number of carbonyl (C=O) groups is 2. The molecule has 2 aliphatic heterocycles. The molecular formula is C16H16N2O5. The van der Waals surface area contributed by atoms with Crippen LogP contribution in [-0.4, -0.2) is 51.8 Å². The predicted molar refractivity (Wildman–Crippen MR) is 80.6 cm³/mol. The molecule has 3 rings (SSSR count). The minimum Gasteiger partial charge on any atom is -0.477 e. The highest BCUT2D eigenvalue weighted by Gasteiger charge is 2.56. The van der Waals surface area contributed by atoms with Crippen molar-refractivity contribution >= 4 is 17.8 Å². The van der Waals surface area contributed by atoms with Crippen molar-refractivity contribution < 1.29 is 24.5 Å². The van der Waals surface area contributed by atoms with Crippen LogP contribution >= 0.6 is 0 Å². The molecule has 0 radical (unpaired) electrons. The van der Waals surface area contributed by atoms with Gasteiger partial charge in [-0.15, -0.1) is 0 Å². The molecule has 2 atom stereocenters. The second-order valence-electron chi connectivity index (χ2n) is 5.55. The molecular weight excluding hydrogens is 300 g/mol. The normalized spacial score (nSPS) is 23.5. The van der Waals surface area contributed by atoms with E-state index >= 15 is 0 Å². The Kier molecular flexibility index (Phi) is 3.65. The first kappa shape index (κ1) is 15.2. The van der Waals surface area contributed by atoms with Crippen LogP contribution in [0.15, 0.2) is 40.5 Å². The summed E-state index contributed by atoms with van der Waals surface area (Å²) in [4.78, 5) is 28.9. The molecule has 0 aliphatic carbocycles. The van der Waals surface area contributed by atoms with Crippen molar-refractivity contribution in [1.29, 1.82) is 0 Å². The van der Waals surface area contributed by atoms with E-state index < -0.39 is 30.8 Å². The molecule has 0 spiro atoms. The van der Waals surface area contributed by atoms with Crippen molar-refractivity contribution in [2.75, 3.05) is 6.61 Å². The quantitative estimate of drug-likeness (QED) is 0.628. The molecule has 0 saturated carbocycles. The third kappa shape index (κ3) is 2.39. The Hall–Kier alpha value is -2.67. The van der Waals surface area contributed by atoms with Crippen LogP contribution in [0.1, 0.15) is 18.1 Å². The third-order valence-corrected chi connectivity index (χ3v) is 3.89. The van der Waals surface area contributed by atoms with Gasteiger partial charge in [0, 0.05) is 5.56 Å². The Balaban J connectivity index is 1.87. The number of amides is 1. The Labute approximate surface area is 132 Å². The molecule has 2 heterocycles. The summed E-state index contributed by atoms with van der Waals surface area (Å²) in [6.45, 7) is 2.97. The number of rotatable bonds is 4. The first-order valence-corrected chi connectivity index (χ1v) is 7.12. The zero-order valence-electron chi connectivity index (χ0n) is 12.7. The van der Waals surface area contributed by atoms with Crippen molar-refractivity contribution in [3.63, 3.8) is 0 Å². The largest absolute Gasteiger partial charge is 0.477 e. The molecule has 2 N–H and O–H groups in total. The summed E-state index contributed by atoms with van der Waals surface area (Å²) < 4.78 is 5.67. The van der Waals surface area contributed by atoms with Crippen LogP contribution in [0.4, 0.5) is 0 Å². The molecule has 1 aromatic rings. The summed E-state index contributed by atoms with van der Waals surface area (Å²) in [6, 6.07) is 6.74. The number of benzene rings is 1. The number of hydrogen-bond acceptors (Lipinski definition) is 5. The molecule has 1 saturated heterocycles. The summed E-state index contributed by atoms with van der Waals surface area (Å²) in [5.74, 6) is -1.40. The summed E-state index contributed by atoms with van der Waals surface area (Å²) in [7, 11) is 0. The van der Waals surface area contributed by atoms with Gasteiger partial charge in [0.25, 0.3) is 5.91 Å². The van der Waals surface area contributed by atoms with Gasteiger partial charge in [-0.25, -0.2) is 9.79 Å². The van der Waals surface area contributed by atoms with E-state index in [9.17, 15) is 19.8 Å². The highest BCUT2D eigenvalue weighted by atomic mass is 16.5. The van der Waals surface area contributed by atoms with E-state index in [1.54, 1.807) is 0 Å². The number of aryl methyl sites for hydroxylation is 1. The Morgan fingerprint density at radius 1 is 1.35 bits per heavy atom. The van der Waals surface area contributed by atoms with E-state index in [1.165, 1.54) is 6.92 Å². The molecule has 1 amide bonds. The zero-order chi connectivity index (χ0) is 16.7. The Morgan fingerprint density at radius 3 is 2.57 bits per heavy atom. The number of nitrogens with zero attached hydrogens (tertiary/aromatic N) is 2. The molecule has 23 heavy (non-hydrogen) atoms. The van der Waals surface area contributed by atoms with Crippen LogP contribution in [0, 0.1) is 6.92 Å². The highest BCUT2D eigenvalue weighted by Crippen LogP contribution is 2.35. The van der Waals surface area contributed by atoms with Crippen LogP contribution in [0.2, 0.25) is 0 Å². The second-order valence-corrected chi connectivity index (χ2v) is 5.55. The maximum atomic E-state index is 12.2. The third-order valence-electron chi connectivity index (χ3n) is 3.89. The summed E-state index contributed by atoms with van der Waals surface area (Å²) in [6.07, 6.45) is -0.772. The minimum absolute atomic E-state index is 0.191. The molecule has 1 aromatic carbocycles. The maximum absolute atomic E-state index is 12.2. The number of aliphatic hydroxyl groups is 1. The van der Waals surface area contributed by atoms with Crippen molar-refractivity contribution in [3.8, 4) is 0 Å². The summed E-state index contributed by atoms with van der Waals surface area (Å²) in [5.41, 5.74) is 1.76. The van der Waals surface area contributed by atoms with Gasteiger partial charge in [0.15, 0.2) is 6.04 Å². The van der Waals surface area contributed by atoms with Crippen LogP contribution in [0.3, 0.4) is 0 Å². The van der Waals surface area contributed by atoms with Gasteiger partial charge in [-0.2, -0.15) is 0 Å². The lowest BCUT2D eigenvalue weighted by molar-refractivity contribution is -0.162. The number of aliphatic hydroxyl groups excluding tert-OH is 1. The molecule has 0 unspecified atom stereocenters. The zero-order valence-corrected chi connectivity index (χ0v) is 12.7. The van der Waals surface area contributed by atoms with Gasteiger partial charge in [-0.05, 0) is 31.6 Å². The average Bonchev–Trinajstić information content (AvgIpc) is 2.92. The number of likely N-dealkylation sites (tertiary alicyclic amines) is 1. The molecule has 0 bridgehead atoms. The molecule has 1 fully saturated rings. The standard InChI is InChI=1S/C16H16N2O5/c1-8-3-5-10(6-4-8)13-17-11-14(20)18(15(11)23-13)12(16(21)22)9(2)7-19/h3-6,11,15,19H,7H2,1-2H3,(H,21,22)/t11-,15-/m0/s1. The van der Waals surface area contributed by atoms with E-state index in [0.717, 1.165) is 16.0 Å². The number of hydrogen-bond donors (Lipinski definition) is 2. The van der Waals surface area contributed by atoms with Gasteiger partial charge in [0.05, 0.1) is 6.61 Å². The first-order valence-electron chi connectivity index (χ1n) is 7.12. The number of aliphatic carboxylic acids is 1. The molecule has 2 aliphatic rings. The first-order chi connectivity index (χ1) is 10.9. The smallest absolute Gasteiger partial charge is 0.352 e. The molecule has 0 aromatic heterocycles. The van der Waals surface area contributed by atoms with Crippen LogP contribution in [0.25, 0.3) is 0 Å². The lowest BCUT2D eigenvalue weighted by Gasteiger charge is -2.40. The van der Waals surface area contributed by atoms with E-state index in [2.05, 4.69) is 4.99 Å². The number of aliphatic imine (C=N–C) groups is 1. The number of fused-ring (bicyclic) bond motifs is 1. The molecule has 7 heteroatoms. The second kappa shape index (κ2) is 5.51. The maximum Gasteiger partial charge on any atom is 0.352 e. The lowest BCUT2D eigenvalue weighted by Crippen LogP contribution is -2.63. The van der Waals surface area contributed by atoms with Gasteiger partial charge in [-0.1, -0.05) is 17.7 Å². The lowest BCUT2D eigenvalue weighted by atomic mass is 10.0. The van der Waals surface area contributed by atoms with Gasteiger partial charge >= 0.3 is 5.97 Å². The van der Waals surface area contributed by atoms with Gasteiger partial charge in [0.2, 0.25) is 12.1 Å². The van der Waals surface area contributed by atoms with Crippen molar-refractivity contribution in [3.05, 3.63) is 46.7 Å². The highest BCUT2D eigenvalue weighted by molar-refractivity contribution is 6.05. The van der Waals surface area contributed by atoms with E-state index in [0.29, 0.717) is 5.90 Å². The van der Waals surface area contributed by atoms with E-state index in [-0.39, 0.29) is 11.3 Å². The van der Waals surface area contributed by atoms with Crippen LogP contribution < -0.4 is 0 Å². The number of carboxylic acids is 1. The number of carbonyl (C=O) groups excluding carboxylic acids is 1. The minimum atomic E-state index is -1.28. The Bertz CT molecular complexity index is 735. The van der Waals surface area contributed by atoms with Crippen LogP contribution in [0.5, 0.6) is 0 Å². The topological polar surface area (TPSA) is 99.4 Å². The molecule has 120 valence electrons.